The van der Waals surface area contributed by atoms with Crippen LogP contribution >= 0.6 is 11.8 Å². The van der Waals surface area contributed by atoms with Crippen molar-refractivity contribution in [3.8, 4) is 0 Å². The highest BCUT2D eigenvalue weighted by molar-refractivity contribution is 7.99. The molecule has 2 N–H and O–H groups in total. The van der Waals surface area contributed by atoms with Gasteiger partial charge in [0.1, 0.15) is 5.65 Å². The van der Waals surface area contributed by atoms with E-state index < -0.39 is 0 Å². The van der Waals surface area contributed by atoms with Crippen LogP contribution in [0, 0.1) is 0 Å². The van der Waals surface area contributed by atoms with Crippen LogP contribution in [0.15, 0.2) is 53.7 Å². The molecular weight excluding hydrogens is 332 g/mol. The fraction of sp³-hybridized carbons (Fsp3) is 0.211. The summed E-state index contributed by atoms with van der Waals surface area (Å²) in [5.74, 6) is 0.650. The lowest BCUT2D eigenvalue weighted by Gasteiger charge is -2.08. The summed E-state index contributed by atoms with van der Waals surface area (Å²) in [6.45, 7) is 0. The first-order valence-electron chi connectivity index (χ1n) is 8.31. The third-order valence-corrected chi connectivity index (χ3v) is 5.19. The zero-order valence-electron chi connectivity index (χ0n) is 13.7. The zero-order chi connectivity index (χ0) is 17.2. The lowest BCUT2D eigenvalue weighted by atomic mass is 10.2. The Morgan fingerprint density at radius 2 is 1.76 bits per heavy atom. The van der Waals surface area contributed by atoms with Crippen molar-refractivity contribution in [2.45, 2.75) is 24.4 Å². The highest BCUT2D eigenvalue weighted by Crippen LogP contribution is 2.29. The van der Waals surface area contributed by atoms with Crippen molar-refractivity contribution in [1.82, 2.24) is 14.4 Å². The minimum atomic E-state index is -0.239. The summed E-state index contributed by atoms with van der Waals surface area (Å²) in [6.07, 6.45) is 2.18. The Hall–Kier alpha value is -2.60. The number of rotatable bonds is 6. The lowest BCUT2D eigenvalue weighted by Crippen LogP contribution is -2.09. The molecule has 2 aromatic heterocycles. The molecule has 0 spiro atoms. The first-order chi connectivity index (χ1) is 12.2. The van der Waals surface area contributed by atoms with Crippen LogP contribution in [-0.4, -0.2) is 26.0 Å². The molecule has 25 heavy (non-hydrogen) atoms. The quantitative estimate of drug-likeness (QED) is 0.326. The van der Waals surface area contributed by atoms with Crippen LogP contribution in [0.5, 0.6) is 0 Å². The maximum absolute atomic E-state index is 10.9. The van der Waals surface area contributed by atoms with E-state index in [4.69, 9.17) is 15.7 Å². The normalized spacial score (nSPS) is 11.5. The van der Waals surface area contributed by atoms with Crippen molar-refractivity contribution >= 4 is 45.3 Å². The van der Waals surface area contributed by atoms with Gasteiger partial charge < -0.3 is 5.73 Å². The molecule has 126 valence electrons. The number of aromatic nitrogens is 3. The highest BCUT2D eigenvalue weighted by Gasteiger charge is 2.13. The van der Waals surface area contributed by atoms with Gasteiger partial charge in [0, 0.05) is 17.6 Å². The minimum Gasteiger partial charge on any atom is -0.370 e. The molecule has 0 atom stereocenters. The molecule has 1 amide bonds. The van der Waals surface area contributed by atoms with E-state index in [-0.39, 0.29) is 5.91 Å². The Labute approximate surface area is 149 Å². The molecule has 4 rings (SSSR count). The second-order valence-corrected chi connectivity index (χ2v) is 7.01. The van der Waals surface area contributed by atoms with Crippen LogP contribution in [0.3, 0.4) is 0 Å². The van der Waals surface area contributed by atoms with Gasteiger partial charge >= 0.3 is 0 Å². The first kappa shape index (κ1) is 15.9. The van der Waals surface area contributed by atoms with E-state index in [1.54, 1.807) is 11.8 Å². The fourth-order valence-electron chi connectivity index (χ4n) is 2.98. The van der Waals surface area contributed by atoms with Crippen LogP contribution < -0.4 is 5.73 Å². The van der Waals surface area contributed by atoms with Crippen LogP contribution in [-0.2, 0) is 4.79 Å². The summed E-state index contributed by atoms with van der Waals surface area (Å²) in [6, 6.07) is 16.2. The molecular formula is C19H18N4OS. The van der Waals surface area contributed by atoms with E-state index in [1.807, 2.05) is 36.4 Å². The smallest absolute Gasteiger partial charge is 0.217 e. The van der Waals surface area contributed by atoms with Crippen LogP contribution in [0.1, 0.15) is 19.3 Å². The number of carbonyl (C=O) groups is 1. The van der Waals surface area contributed by atoms with Gasteiger partial charge in [-0.15, -0.1) is 0 Å². The summed E-state index contributed by atoms with van der Waals surface area (Å²) in [5, 5.41) is 1.98. The molecule has 2 aromatic carbocycles. The maximum Gasteiger partial charge on any atom is 0.217 e. The van der Waals surface area contributed by atoms with E-state index in [2.05, 4.69) is 16.5 Å². The van der Waals surface area contributed by atoms with Gasteiger partial charge in [0.15, 0.2) is 5.16 Å². The number of nitrogens with two attached hydrogens (primary N) is 1. The Bertz CT molecular complexity index is 1070. The molecule has 6 heteroatoms. The molecule has 2 heterocycles. The Morgan fingerprint density at radius 1 is 1.00 bits per heavy atom. The predicted octanol–water partition coefficient (Wildman–Crippen LogP) is 3.78. The van der Waals surface area contributed by atoms with Gasteiger partial charge in [-0.2, -0.15) is 0 Å². The van der Waals surface area contributed by atoms with Gasteiger partial charge in [-0.05, 0) is 37.1 Å². The fourth-order valence-corrected chi connectivity index (χ4v) is 3.98. The number of benzene rings is 2. The van der Waals surface area contributed by atoms with Crippen molar-refractivity contribution in [3.05, 3.63) is 48.5 Å². The molecule has 0 unspecified atom stereocenters. The van der Waals surface area contributed by atoms with Crippen LogP contribution in [0.25, 0.3) is 27.6 Å². The van der Waals surface area contributed by atoms with Crippen LogP contribution in [0.4, 0.5) is 0 Å². The van der Waals surface area contributed by atoms with Gasteiger partial charge in [0.05, 0.1) is 16.6 Å². The molecule has 0 saturated carbocycles. The number of nitrogens with zero attached hydrogens (tertiary/aromatic N) is 3. The van der Waals surface area contributed by atoms with Gasteiger partial charge in [-0.25, -0.2) is 9.97 Å². The SMILES string of the molecule is NC(=O)CCCCSc1nc2ccccc2c2nc3ccccc3n12. The average Bonchev–Trinajstić information content (AvgIpc) is 3.01. The zero-order valence-corrected chi connectivity index (χ0v) is 14.5. The van der Waals surface area contributed by atoms with Crippen molar-refractivity contribution < 1.29 is 4.79 Å². The van der Waals surface area contributed by atoms with E-state index in [0.29, 0.717) is 6.42 Å². The van der Waals surface area contributed by atoms with Crippen molar-refractivity contribution in [3.63, 3.8) is 0 Å². The highest BCUT2D eigenvalue weighted by atomic mass is 32.2. The van der Waals surface area contributed by atoms with E-state index in [0.717, 1.165) is 51.3 Å². The maximum atomic E-state index is 10.9. The Morgan fingerprint density at radius 3 is 2.60 bits per heavy atom. The monoisotopic (exact) mass is 350 g/mol. The minimum absolute atomic E-state index is 0.239. The van der Waals surface area contributed by atoms with Crippen molar-refractivity contribution in [2.24, 2.45) is 5.73 Å². The number of amides is 1. The number of fused-ring (bicyclic) bond motifs is 5. The Balaban J connectivity index is 1.77. The number of hydrogen-bond donors (Lipinski definition) is 1. The molecule has 0 aliphatic carbocycles. The number of imidazole rings is 1. The number of para-hydroxylation sites is 3. The van der Waals surface area contributed by atoms with E-state index in [1.165, 1.54) is 0 Å². The predicted molar refractivity (Wildman–Crippen MR) is 102 cm³/mol. The van der Waals surface area contributed by atoms with Gasteiger partial charge in [-0.3, -0.25) is 9.20 Å². The molecule has 5 nitrogen and oxygen atoms in total. The largest absolute Gasteiger partial charge is 0.370 e. The molecule has 0 radical (unpaired) electrons. The summed E-state index contributed by atoms with van der Waals surface area (Å²) in [5.41, 5.74) is 9.12. The number of hydrogen-bond acceptors (Lipinski definition) is 4. The molecule has 0 aliphatic rings. The van der Waals surface area contributed by atoms with E-state index >= 15 is 0 Å². The molecule has 0 bridgehead atoms. The third-order valence-electron chi connectivity index (χ3n) is 4.16. The van der Waals surface area contributed by atoms with Crippen molar-refractivity contribution in [1.29, 1.82) is 0 Å². The van der Waals surface area contributed by atoms with E-state index in [9.17, 15) is 4.79 Å². The second-order valence-electron chi connectivity index (χ2n) is 5.94. The van der Waals surface area contributed by atoms with Crippen molar-refractivity contribution in [2.75, 3.05) is 5.75 Å². The standard InChI is InChI=1S/C19H18N4OS/c20-17(24)11-5-6-12-25-19-22-14-8-2-1-7-13(14)18-21-15-9-3-4-10-16(15)23(18)19/h1-4,7-10H,5-6,11-12H2,(H2,20,24). The summed E-state index contributed by atoms with van der Waals surface area (Å²) >= 11 is 1.70. The molecule has 4 aromatic rings. The summed E-state index contributed by atoms with van der Waals surface area (Å²) < 4.78 is 2.14. The summed E-state index contributed by atoms with van der Waals surface area (Å²) in [7, 11) is 0. The van der Waals surface area contributed by atoms with Gasteiger partial charge in [-0.1, -0.05) is 36.0 Å². The first-order valence-corrected chi connectivity index (χ1v) is 9.29. The third kappa shape index (κ3) is 3.05. The molecule has 0 saturated heterocycles. The number of thioether (sulfide) groups is 1. The van der Waals surface area contributed by atoms with Gasteiger partial charge in [0.25, 0.3) is 0 Å². The second kappa shape index (κ2) is 6.72. The number of unbranched alkanes of at least 4 members (excludes halogenated alkanes) is 1. The topological polar surface area (TPSA) is 73.3 Å². The number of primary amides is 1. The lowest BCUT2D eigenvalue weighted by molar-refractivity contribution is -0.118. The Kier molecular flexibility index (Phi) is 4.28. The number of carbonyl (C=O) groups excluding carboxylic acids is 1. The average molecular weight is 350 g/mol. The van der Waals surface area contributed by atoms with Gasteiger partial charge in [0.2, 0.25) is 5.91 Å². The molecule has 0 fully saturated rings. The van der Waals surface area contributed by atoms with Crippen LogP contribution in [0.2, 0.25) is 0 Å². The summed E-state index contributed by atoms with van der Waals surface area (Å²) in [4.78, 5) is 20.5. The molecule has 0 aliphatic heterocycles.